The van der Waals surface area contributed by atoms with Gasteiger partial charge >= 0.3 is 29.6 Å². The molecule has 0 aliphatic rings. The molecule has 0 aliphatic heterocycles. The van der Waals surface area contributed by atoms with Gasteiger partial charge in [-0.1, -0.05) is 38.8 Å². The van der Waals surface area contributed by atoms with E-state index in [1.54, 1.807) is 12.1 Å². The van der Waals surface area contributed by atoms with Crippen LogP contribution in [0.15, 0.2) is 18.2 Å². The van der Waals surface area contributed by atoms with Gasteiger partial charge in [-0.15, -0.1) is 0 Å². The molecule has 0 heterocycles. The van der Waals surface area contributed by atoms with E-state index in [0.717, 1.165) is 49.7 Å². The number of hydrogen-bond acceptors (Lipinski definition) is 4. The Bertz CT molecular complexity index is 500. The normalized spacial score (nSPS) is 10.9. The van der Waals surface area contributed by atoms with Crippen molar-refractivity contribution in [2.75, 3.05) is 0 Å². The minimum atomic E-state index is -4.71. The van der Waals surface area contributed by atoms with E-state index in [1.165, 1.54) is 0 Å². The molecule has 108 valence electrons. The first-order valence-electron chi connectivity index (χ1n) is 6.74. The van der Waals surface area contributed by atoms with E-state index < -0.39 is 10.4 Å². The Labute approximate surface area is 144 Å². The first kappa shape index (κ1) is 19.9. The van der Waals surface area contributed by atoms with Crippen LogP contribution < -0.4 is 33.7 Å². The molecule has 0 spiro atoms. The van der Waals surface area contributed by atoms with Crippen LogP contribution in [0, 0.1) is 0 Å². The third-order valence-electron chi connectivity index (χ3n) is 3.00. The van der Waals surface area contributed by atoms with E-state index in [4.69, 9.17) is 0 Å². The van der Waals surface area contributed by atoms with Crippen LogP contribution in [-0.2, 0) is 23.2 Å². The van der Waals surface area contributed by atoms with Gasteiger partial charge in [-0.3, -0.25) is 0 Å². The van der Waals surface area contributed by atoms with Gasteiger partial charge in [-0.2, -0.15) is 0 Å². The van der Waals surface area contributed by atoms with Gasteiger partial charge in [-0.05, 0) is 42.9 Å². The summed E-state index contributed by atoms with van der Waals surface area (Å²) in [5.74, 6) is 0.192. The zero-order valence-corrected chi connectivity index (χ0v) is 15.3. The second-order valence-electron chi connectivity index (χ2n) is 4.59. The fraction of sp³-hybridized carbons (Fsp3) is 0.571. The first-order chi connectivity index (χ1) is 8.98. The van der Waals surface area contributed by atoms with Crippen LogP contribution >= 0.6 is 0 Å². The zero-order valence-electron chi connectivity index (χ0n) is 12.5. The third kappa shape index (κ3) is 7.09. The molecule has 1 aromatic rings. The summed E-state index contributed by atoms with van der Waals surface area (Å²) < 4.78 is 36.9. The Morgan fingerprint density at radius 2 is 1.70 bits per heavy atom. The molecule has 0 unspecified atom stereocenters. The maximum absolute atomic E-state index is 10.8. The predicted octanol–water partition coefficient (Wildman–Crippen LogP) is 0.215. The molecule has 20 heavy (non-hydrogen) atoms. The smallest absolute Gasteiger partial charge is 0.716 e. The van der Waals surface area contributed by atoms with E-state index in [-0.39, 0.29) is 35.3 Å². The maximum atomic E-state index is 10.8. The summed E-state index contributed by atoms with van der Waals surface area (Å²) in [7, 11) is -4.71. The molecular weight excluding hydrogens is 287 g/mol. The fourth-order valence-electron chi connectivity index (χ4n) is 2.04. The second kappa shape index (κ2) is 9.79. The Morgan fingerprint density at radius 3 is 2.25 bits per heavy atom. The van der Waals surface area contributed by atoms with Crippen molar-refractivity contribution in [1.82, 2.24) is 0 Å². The molecule has 1 aromatic carbocycles. The van der Waals surface area contributed by atoms with Crippen LogP contribution in [0.1, 0.15) is 50.7 Å². The quantitative estimate of drug-likeness (QED) is 0.391. The molecular formula is C14H21NaO4S. The topological polar surface area (TPSA) is 66.4 Å². The summed E-state index contributed by atoms with van der Waals surface area (Å²) in [6.45, 7) is 4.17. The molecule has 0 fully saturated rings. The van der Waals surface area contributed by atoms with Crippen molar-refractivity contribution in [1.29, 1.82) is 0 Å². The van der Waals surface area contributed by atoms with Gasteiger partial charge in [0.25, 0.3) is 10.4 Å². The van der Waals surface area contributed by atoms with Crippen LogP contribution in [0.2, 0.25) is 0 Å². The van der Waals surface area contributed by atoms with Crippen molar-refractivity contribution in [3.63, 3.8) is 0 Å². The molecule has 6 heteroatoms. The van der Waals surface area contributed by atoms with E-state index in [2.05, 4.69) is 18.0 Å². The monoisotopic (exact) mass is 308 g/mol. The molecule has 4 nitrogen and oxygen atoms in total. The average molecular weight is 308 g/mol. The molecule has 0 atom stereocenters. The van der Waals surface area contributed by atoms with Gasteiger partial charge < -0.3 is 8.74 Å². The van der Waals surface area contributed by atoms with Crippen molar-refractivity contribution in [2.24, 2.45) is 0 Å². The Morgan fingerprint density at radius 1 is 1.10 bits per heavy atom. The van der Waals surface area contributed by atoms with Crippen molar-refractivity contribution in [3.05, 3.63) is 29.3 Å². The number of hydrogen-bond donors (Lipinski definition) is 0. The van der Waals surface area contributed by atoms with Crippen LogP contribution in [0.25, 0.3) is 0 Å². The van der Waals surface area contributed by atoms with Gasteiger partial charge in [0.05, 0.1) is 0 Å². The number of rotatable bonds is 8. The van der Waals surface area contributed by atoms with Crippen LogP contribution in [-0.4, -0.2) is 13.0 Å². The molecule has 0 N–H and O–H groups in total. The van der Waals surface area contributed by atoms with Gasteiger partial charge in [0.1, 0.15) is 5.75 Å². The summed E-state index contributed by atoms with van der Waals surface area (Å²) in [5.41, 5.74) is 1.94. The van der Waals surface area contributed by atoms with Crippen molar-refractivity contribution in [3.8, 4) is 5.75 Å². The zero-order chi connectivity index (χ0) is 14.3. The summed E-state index contributed by atoms with van der Waals surface area (Å²) in [6.07, 6.45) is 5.67. The number of benzene rings is 1. The SMILES string of the molecule is CCCCc1cccc(OS(=O)(=O)[O-])c1CCCC.[Na+]. The van der Waals surface area contributed by atoms with Crippen molar-refractivity contribution >= 4 is 10.4 Å². The Balaban J connectivity index is 0.00000361. The Hall–Kier alpha value is -0.0700. The molecule has 0 aliphatic carbocycles. The summed E-state index contributed by atoms with van der Waals surface area (Å²) >= 11 is 0. The minimum absolute atomic E-state index is 0. The van der Waals surface area contributed by atoms with E-state index in [1.807, 2.05) is 6.07 Å². The Kier molecular flexibility index (Phi) is 9.76. The van der Waals surface area contributed by atoms with Crippen LogP contribution in [0.3, 0.4) is 0 Å². The summed E-state index contributed by atoms with van der Waals surface area (Å²) in [5, 5.41) is 0. The third-order valence-corrected chi connectivity index (χ3v) is 3.39. The van der Waals surface area contributed by atoms with Crippen molar-refractivity contribution in [2.45, 2.75) is 52.4 Å². The van der Waals surface area contributed by atoms with E-state index in [0.29, 0.717) is 0 Å². The number of unbranched alkanes of at least 4 members (excludes halogenated alkanes) is 2. The molecule has 0 aromatic heterocycles. The van der Waals surface area contributed by atoms with E-state index >= 15 is 0 Å². The summed E-state index contributed by atoms with van der Waals surface area (Å²) in [6, 6.07) is 5.27. The van der Waals surface area contributed by atoms with Gasteiger partial charge in [-0.25, -0.2) is 8.42 Å². The van der Waals surface area contributed by atoms with E-state index in [9.17, 15) is 13.0 Å². The molecule has 0 saturated heterocycles. The molecule has 0 amide bonds. The van der Waals surface area contributed by atoms with Gasteiger partial charge in [0, 0.05) is 0 Å². The van der Waals surface area contributed by atoms with Gasteiger partial charge in [0.15, 0.2) is 0 Å². The van der Waals surface area contributed by atoms with Gasteiger partial charge in [0.2, 0.25) is 0 Å². The van der Waals surface area contributed by atoms with Crippen molar-refractivity contribution < 1.29 is 46.7 Å². The second-order valence-corrected chi connectivity index (χ2v) is 5.58. The molecule has 1 rings (SSSR count). The minimum Gasteiger partial charge on any atom is -0.716 e. The molecule has 0 saturated carbocycles. The summed E-state index contributed by atoms with van der Waals surface area (Å²) in [4.78, 5) is 0. The molecule has 0 radical (unpaired) electrons. The fourth-order valence-corrected chi connectivity index (χ4v) is 2.41. The largest absolute Gasteiger partial charge is 1.00 e. The molecule has 0 bridgehead atoms. The number of aryl methyl sites for hydroxylation is 1. The van der Waals surface area contributed by atoms with Crippen LogP contribution in [0.5, 0.6) is 5.75 Å². The maximum Gasteiger partial charge on any atom is 1.00 e. The standard InChI is InChI=1S/C14H22O4S.Na/c1-3-5-8-12-9-7-11-14(18-19(15,16)17)13(12)10-6-4-2;/h7,9,11H,3-6,8,10H2,1-2H3,(H,15,16,17);/q;+1/p-1. The van der Waals surface area contributed by atoms with Crippen LogP contribution in [0.4, 0.5) is 0 Å². The first-order valence-corrected chi connectivity index (χ1v) is 8.07. The average Bonchev–Trinajstić information content (AvgIpc) is 2.33. The predicted molar refractivity (Wildman–Crippen MR) is 74.0 cm³/mol.